The predicted molar refractivity (Wildman–Crippen MR) is 59.5 cm³/mol. The van der Waals surface area contributed by atoms with Gasteiger partial charge in [0, 0.05) is 24.1 Å². The van der Waals surface area contributed by atoms with Crippen LogP contribution >= 0.6 is 11.3 Å². The number of methoxy groups -OCH3 is 1. The molecule has 1 aromatic rings. The van der Waals surface area contributed by atoms with E-state index in [1.807, 2.05) is 6.92 Å². The Morgan fingerprint density at radius 2 is 2.47 bits per heavy atom. The number of aliphatic hydroxyl groups is 1. The number of amides is 1. The zero-order valence-electron chi connectivity index (χ0n) is 8.82. The van der Waals surface area contributed by atoms with Crippen molar-refractivity contribution < 1.29 is 14.6 Å². The lowest BCUT2D eigenvalue weighted by Crippen LogP contribution is -2.32. The topological polar surface area (TPSA) is 58.6 Å². The van der Waals surface area contributed by atoms with E-state index in [1.165, 1.54) is 11.3 Å². The van der Waals surface area contributed by atoms with Crippen LogP contribution in [-0.4, -0.2) is 30.8 Å². The highest BCUT2D eigenvalue weighted by Gasteiger charge is 2.11. The highest BCUT2D eigenvalue weighted by atomic mass is 32.1. The molecule has 2 N–H and O–H groups in total. The summed E-state index contributed by atoms with van der Waals surface area (Å²) in [5.41, 5.74) is 0. The van der Waals surface area contributed by atoms with Crippen LogP contribution in [0.1, 0.15) is 23.0 Å². The van der Waals surface area contributed by atoms with Gasteiger partial charge in [-0.15, -0.1) is 11.3 Å². The molecule has 0 unspecified atom stereocenters. The molecule has 15 heavy (non-hydrogen) atoms. The van der Waals surface area contributed by atoms with E-state index >= 15 is 0 Å². The van der Waals surface area contributed by atoms with Crippen molar-refractivity contribution in [1.29, 1.82) is 0 Å². The van der Waals surface area contributed by atoms with Gasteiger partial charge in [-0.2, -0.15) is 0 Å². The fraction of sp³-hybridized carbons (Fsp3) is 0.500. The standard InChI is InChI=1S/C10H15NO3S/c1-7(3-4-12)11-10(13)9-5-8(14-2)6-15-9/h5-7,12H,3-4H2,1-2H3,(H,11,13)/t7-/m1/s1. The Kier molecular flexibility index (Phi) is 4.58. The Balaban J connectivity index is 2.53. The maximum absolute atomic E-state index is 11.6. The lowest BCUT2D eigenvalue weighted by molar-refractivity contribution is 0.0938. The number of hydrogen-bond acceptors (Lipinski definition) is 4. The molecule has 0 bridgehead atoms. The van der Waals surface area contributed by atoms with Crippen LogP contribution in [0.4, 0.5) is 0 Å². The Morgan fingerprint density at radius 3 is 3.00 bits per heavy atom. The van der Waals surface area contributed by atoms with Crippen molar-refractivity contribution in [1.82, 2.24) is 5.32 Å². The first-order valence-corrected chi connectivity index (χ1v) is 5.59. The van der Waals surface area contributed by atoms with Crippen LogP contribution in [0.2, 0.25) is 0 Å². The smallest absolute Gasteiger partial charge is 0.261 e. The van der Waals surface area contributed by atoms with Gasteiger partial charge in [-0.1, -0.05) is 0 Å². The number of nitrogens with one attached hydrogen (secondary N) is 1. The van der Waals surface area contributed by atoms with Gasteiger partial charge in [-0.3, -0.25) is 4.79 Å². The van der Waals surface area contributed by atoms with Crippen molar-refractivity contribution in [2.24, 2.45) is 0 Å². The van der Waals surface area contributed by atoms with E-state index in [-0.39, 0.29) is 18.6 Å². The van der Waals surface area contributed by atoms with Crippen molar-refractivity contribution in [3.05, 3.63) is 16.3 Å². The summed E-state index contributed by atoms with van der Waals surface area (Å²) in [5, 5.41) is 13.3. The van der Waals surface area contributed by atoms with Crippen LogP contribution in [0.15, 0.2) is 11.4 Å². The zero-order valence-corrected chi connectivity index (χ0v) is 9.63. The normalized spacial score (nSPS) is 12.2. The summed E-state index contributed by atoms with van der Waals surface area (Å²) in [5.74, 6) is 0.573. The van der Waals surface area contributed by atoms with Crippen molar-refractivity contribution in [3.63, 3.8) is 0 Å². The second kappa shape index (κ2) is 5.72. The minimum absolute atomic E-state index is 0.0180. The number of carbonyl (C=O) groups excluding carboxylic acids is 1. The summed E-state index contributed by atoms with van der Waals surface area (Å²) in [6, 6.07) is 1.68. The molecule has 4 nitrogen and oxygen atoms in total. The first kappa shape index (κ1) is 12.0. The Labute approximate surface area is 92.9 Å². The van der Waals surface area contributed by atoms with Gasteiger partial charge in [0.05, 0.1) is 12.0 Å². The van der Waals surface area contributed by atoms with E-state index in [4.69, 9.17) is 9.84 Å². The summed E-state index contributed by atoms with van der Waals surface area (Å²) >= 11 is 1.34. The second-order valence-electron chi connectivity index (χ2n) is 3.24. The maximum Gasteiger partial charge on any atom is 0.261 e. The fourth-order valence-electron chi connectivity index (χ4n) is 1.11. The van der Waals surface area contributed by atoms with Crippen LogP contribution in [0.25, 0.3) is 0 Å². The SMILES string of the molecule is COc1csc(C(=O)N[C@H](C)CCO)c1. The highest BCUT2D eigenvalue weighted by molar-refractivity contribution is 7.12. The lowest BCUT2D eigenvalue weighted by Gasteiger charge is -2.10. The molecule has 0 saturated carbocycles. The third-order valence-corrected chi connectivity index (χ3v) is 2.88. The molecular weight excluding hydrogens is 214 g/mol. The summed E-state index contributed by atoms with van der Waals surface area (Å²) < 4.78 is 4.99. The highest BCUT2D eigenvalue weighted by Crippen LogP contribution is 2.20. The minimum atomic E-state index is -0.121. The molecule has 84 valence electrons. The minimum Gasteiger partial charge on any atom is -0.496 e. The van der Waals surface area contributed by atoms with Crippen molar-refractivity contribution in [3.8, 4) is 5.75 Å². The molecule has 0 aliphatic rings. The molecule has 0 fully saturated rings. The molecule has 1 heterocycles. The molecule has 0 saturated heterocycles. The summed E-state index contributed by atoms with van der Waals surface area (Å²) in [6.07, 6.45) is 0.564. The quantitative estimate of drug-likeness (QED) is 0.799. The number of hydrogen-bond donors (Lipinski definition) is 2. The van der Waals surface area contributed by atoms with E-state index in [0.29, 0.717) is 17.0 Å². The number of aliphatic hydroxyl groups excluding tert-OH is 1. The van der Waals surface area contributed by atoms with Crippen molar-refractivity contribution in [2.75, 3.05) is 13.7 Å². The molecule has 0 aliphatic heterocycles. The third-order valence-electron chi connectivity index (χ3n) is 1.97. The lowest BCUT2D eigenvalue weighted by atomic mass is 10.2. The largest absolute Gasteiger partial charge is 0.496 e. The molecule has 0 spiro atoms. The molecule has 5 heteroatoms. The summed E-state index contributed by atoms with van der Waals surface area (Å²) in [7, 11) is 1.57. The van der Waals surface area contributed by atoms with Gasteiger partial charge in [0.25, 0.3) is 5.91 Å². The molecule has 0 radical (unpaired) electrons. The number of thiophene rings is 1. The van der Waals surface area contributed by atoms with E-state index in [0.717, 1.165) is 0 Å². The molecule has 1 amide bonds. The first-order valence-electron chi connectivity index (χ1n) is 4.71. The van der Waals surface area contributed by atoms with Gasteiger partial charge in [0.2, 0.25) is 0 Å². The zero-order chi connectivity index (χ0) is 11.3. The first-order chi connectivity index (χ1) is 7.17. The number of rotatable bonds is 5. The van der Waals surface area contributed by atoms with Gasteiger partial charge in [0.1, 0.15) is 5.75 Å². The molecule has 0 aliphatic carbocycles. The second-order valence-corrected chi connectivity index (χ2v) is 4.15. The Hall–Kier alpha value is -1.07. The monoisotopic (exact) mass is 229 g/mol. The van der Waals surface area contributed by atoms with E-state index < -0.39 is 0 Å². The van der Waals surface area contributed by atoms with Crippen LogP contribution in [-0.2, 0) is 0 Å². The summed E-state index contributed by atoms with van der Waals surface area (Å²) in [4.78, 5) is 12.2. The van der Waals surface area contributed by atoms with Crippen LogP contribution in [0.5, 0.6) is 5.75 Å². The van der Waals surface area contributed by atoms with Crippen molar-refractivity contribution in [2.45, 2.75) is 19.4 Å². The maximum atomic E-state index is 11.6. The molecule has 1 rings (SSSR count). The van der Waals surface area contributed by atoms with E-state index in [2.05, 4.69) is 5.32 Å². The third kappa shape index (κ3) is 3.53. The van der Waals surface area contributed by atoms with Crippen LogP contribution in [0, 0.1) is 0 Å². The fourth-order valence-corrected chi connectivity index (χ4v) is 1.86. The molecular formula is C10H15NO3S. The number of ether oxygens (including phenoxy) is 1. The van der Waals surface area contributed by atoms with Crippen molar-refractivity contribution >= 4 is 17.2 Å². The molecule has 1 atom stereocenters. The van der Waals surface area contributed by atoms with E-state index in [1.54, 1.807) is 18.6 Å². The Bertz CT molecular complexity index is 324. The number of carbonyl (C=O) groups is 1. The summed E-state index contributed by atoms with van der Waals surface area (Å²) in [6.45, 7) is 1.94. The van der Waals surface area contributed by atoms with Gasteiger partial charge in [0.15, 0.2) is 0 Å². The average Bonchev–Trinajstić information content (AvgIpc) is 2.66. The molecule has 0 aromatic carbocycles. The van der Waals surface area contributed by atoms with Gasteiger partial charge in [-0.05, 0) is 13.3 Å². The van der Waals surface area contributed by atoms with Crippen LogP contribution < -0.4 is 10.1 Å². The Morgan fingerprint density at radius 1 is 1.73 bits per heavy atom. The van der Waals surface area contributed by atoms with Crippen LogP contribution in [0.3, 0.4) is 0 Å². The van der Waals surface area contributed by atoms with E-state index in [9.17, 15) is 4.79 Å². The van der Waals surface area contributed by atoms with Gasteiger partial charge < -0.3 is 15.2 Å². The van der Waals surface area contributed by atoms with Gasteiger partial charge >= 0.3 is 0 Å². The molecule has 1 aromatic heterocycles. The van der Waals surface area contributed by atoms with Gasteiger partial charge in [-0.25, -0.2) is 0 Å². The average molecular weight is 229 g/mol. The predicted octanol–water partition coefficient (Wildman–Crippen LogP) is 1.26.